The molecule has 1 aliphatic heterocycles. The fourth-order valence-electron chi connectivity index (χ4n) is 2.30. The molecule has 0 aromatic carbocycles. The lowest BCUT2D eigenvalue weighted by Crippen LogP contribution is -2.56. The van der Waals surface area contributed by atoms with Crippen molar-refractivity contribution in [2.75, 3.05) is 39.8 Å². The average molecular weight is 308 g/mol. The normalized spacial score (nSPS) is 19.6. The van der Waals surface area contributed by atoms with Crippen LogP contribution in [0.5, 0.6) is 0 Å². The van der Waals surface area contributed by atoms with E-state index in [1.165, 1.54) is 4.31 Å². The number of amides is 1. The molecule has 1 aliphatic rings. The van der Waals surface area contributed by atoms with Crippen LogP contribution in [0.2, 0.25) is 0 Å². The minimum Gasteiger partial charge on any atom is -0.452 e. The van der Waals surface area contributed by atoms with Gasteiger partial charge in [0.15, 0.2) is 0 Å². The number of nitrogens with two attached hydrogens (primary N) is 1. The number of ether oxygens (including phenoxy) is 1. The topological polar surface area (TPSA) is 105 Å². The Labute approximate surface area is 120 Å². The molecule has 0 saturated carbocycles. The summed E-state index contributed by atoms with van der Waals surface area (Å²) in [5.41, 5.74) is 5.75. The van der Waals surface area contributed by atoms with Crippen LogP contribution in [0.4, 0.5) is 4.79 Å². The highest BCUT2D eigenvalue weighted by molar-refractivity contribution is 7.87. The van der Waals surface area contributed by atoms with E-state index in [1.807, 2.05) is 4.72 Å². The molecule has 1 heterocycles. The highest BCUT2D eigenvalue weighted by Crippen LogP contribution is 2.12. The zero-order valence-electron chi connectivity index (χ0n) is 12.0. The summed E-state index contributed by atoms with van der Waals surface area (Å²) in [5.74, 6) is 0. The molecule has 1 amide bonds. The molecule has 0 aromatic rings. The standard InChI is InChI=1S/C11H24N4O4S/c1-3-4-10(9-12)14-5-7-15(8-6-14)20(17,18)13-11(16)19-2/h10H,3-9,12H2,1-2H3,(H,13,16). The molecule has 8 nitrogen and oxygen atoms in total. The van der Waals surface area contributed by atoms with Gasteiger partial charge in [-0.15, -0.1) is 0 Å². The molecular formula is C11H24N4O4S. The first-order valence-corrected chi connectivity index (χ1v) is 8.18. The van der Waals surface area contributed by atoms with Gasteiger partial charge in [-0.25, -0.2) is 9.52 Å². The van der Waals surface area contributed by atoms with E-state index in [-0.39, 0.29) is 0 Å². The van der Waals surface area contributed by atoms with E-state index in [4.69, 9.17) is 5.73 Å². The van der Waals surface area contributed by atoms with Crippen LogP contribution in [0, 0.1) is 0 Å². The van der Waals surface area contributed by atoms with Gasteiger partial charge in [0, 0.05) is 38.8 Å². The molecule has 0 spiro atoms. The largest absolute Gasteiger partial charge is 0.452 e. The van der Waals surface area contributed by atoms with Crippen LogP contribution in [0.25, 0.3) is 0 Å². The second-order valence-corrected chi connectivity index (χ2v) is 6.38. The molecule has 0 radical (unpaired) electrons. The first kappa shape index (κ1) is 17.2. The number of carbonyl (C=O) groups is 1. The van der Waals surface area contributed by atoms with E-state index < -0.39 is 16.3 Å². The summed E-state index contributed by atoms with van der Waals surface area (Å²) in [6.45, 7) is 4.58. The quantitative estimate of drug-likeness (QED) is 0.674. The number of rotatable bonds is 6. The van der Waals surface area contributed by atoms with Gasteiger partial charge in [-0.05, 0) is 6.42 Å². The molecular weight excluding hydrogens is 284 g/mol. The van der Waals surface area contributed by atoms with Crippen molar-refractivity contribution in [3.8, 4) is 0 Å². The third kappa shape index (κ3) is 4.58. The van der Waals surface area contributed by atoms with Crippen LogP contribution in [-0.2, 0) is 14.9 Å². The van der Waals surface area contributed by atoms with Gasteiger partial charge in [0.05, 0.1) is 7.11 Å². The van der Waals surface area contributed by atoms with E-state index in [0.29, 0.717) is 38.8 Å². The molecule has 0 aromatic heterocycles. The van der Waals surface area contributed by atoms with Crippen molar-refractivity contribution < 1.29 is 17.9 Å². The third-order valence-electron chi connectivity index (χ3n) is 3.42. The molecule has 1 atom stereocenters. The molecule has 20 heavy (non-hydrogen) atoms. The predicted molar refractivity (Wildman–Crippen MR) is 75.4 cm³/mol. The van der Waals surface area contributed by atoms with Crippen LogP contribution in [0.3, 0.4) is 0 Å². The molecule has 0 bridgehead atoms. The van der Waals surface area contributed by atoms with Crippen LogP contribution in [0.15, 0.2) is 0 Å². The van der Waals surface area contributed by atoms with Gasteiger partial charge < -0.3 is 10.5 Å². The van der Waals surface area contributed by atoms with Crippen molar-refractivity contribution in [2.45, 2.75) is 25.8 Å². The molecule has 0 aliphatic carbocycles. The lowest BCUT2D eigenvalue weighted by molar-refractivity contribution is 0.132. The van der Waals surface area contributed by atoms with Gasteiger partial charge in [-0.1, -0.05) is 13.3 Å². The summed E-state index contributed by atoms with van der Waals surface area (Å²) in [7, 11) is -2.69. The Morgan fingerprint density at radius 3 is 2.40 bits per heavy atom. The molecule has 1 saturated heterocycles. The molecule has 118 valence electrons. The molecule has 1 fully saturated rings. The summed E-state index contributed by atoms with van der Waals surface area (Å²) in [4.78, 5) is 13.2. The van der Waals surface area contributed by atoms with Gasteiger partial charge in [0.25, 0.3) is 0 Å². The fraction of sp³-hybridized carbons (Fsp3) is 0.909. The van der Waals surface area contributed by atoms with Gasteiger partial charge in [0.1, 0.15) is 0 Å². The van der Waals surface area contributed by atoms with Crippen LogP contribution in [0.1, 0.15) is 19.8 Å². The second kappa shape index (κ2) is 7.77. The minimum atomic E-state index is -3.81. The van der Waals surface area contributed by atoms with E-state index in [9.17, 15) is 13.2 Å². The smallest absolute Gasteiger partial charge is 0.421 e. The van der Waals surface area contributed by atoms with Gasteiger partial charge in [-0.2, -0.15) is 12.7 Å². The first-order valence-electron chi connectivity index (χ1n) is 6.74. The molecule has 1 unspecified atom stereocenters. The Kier molecular flexibility index (Phi) is 6.66. The Balaban J connectivity index is 2.55. The van der Waals surface area contributed by atoms with Crippen molar-refractivity contribution in [2.24, 2.45) is 5.73 Å². The van der Waals surface area contributed by atoms with Crippen LogP contribution >= 0.6 is 0 Å². The summed E-state index contributed by atoms with van der Waals surface area (Å²) in [6.07, 6.45) is 1.08. The predicted octanol–water partition coefficient (Wildman–Crippen LogP) is -0.668. The Bertz CT molecular complexity index is 407. The van der Waals surface area contributed by atoms with E-state index in [0.717, 1.165) is 20.0 Å². The maximum absolute atomic E-state index is 11.9. The van der Waals surface area contributed by atoms with Crippen molar-refractivity contribution in [3.05, 3.63) is 0 Å². The van der Waals surface area contributed by atoms with Gasteiger partial charge in [0.2, 0.25) is 0 Å². The zero-order valence-corrected chi connectivity index (χ0v) is 12.9. The van der Waals surface area contributed by atoms with Crippen molar-refractivity contribution in [1.82, 2.24) is 13.9 Å². The van der Waals surface area contributed by atoms with Crippen molar-refractivity contribution in [1.29, 1.82) is 0 Å². The van der Waals surface area contributed by atoms with Crippen molar-refractivity contribution in [3.63, 3.8) is 0 Å². The lowest BCUT2D eigenvalue weighted by Gasteiger charge is -2.38. The number of piperazine rings is 1. The van der Waals surface area contributed by atoms with Crippen LogP contribution < -0.4 is 10.5 Å². The first-order chi connectivity index (χ1) is 9.44. The molecule has 9 heteroatoms. The lowest BCUT2D eigenvalue weighted by atomic mass is 10.1. The summed E-state index contributed by atoms with van der Waals surface area (Å²) in [6, 6.07) is 0.290. The second-order valence-electron chi connectivity index (χ2n) is 4.71. The van der Waals surface area contributed by atoms with Gasteiger partial charge in [-0.3, -0.25) is 4.90 Å². The van der Waals surface area contributed by atoms with E-state index in [2.05, 4.69) is 16.6 Å². The maximum Gasteiger partial charge on any atom is 0.421 e. The molecule has 3 N–H and O–H groups in total. The Hall–Kier alpha value is -0.900. The van der Waals surface area contributed by atoms with Crippen molar-refractivity contribution >= 4 is 16.3 Å². The van der Waals surface area contributed by atoms with Gasteiger partial charge >= 0.3 is 16.3 Å². The van der Waals surface area contributed by atoms with E-state index >= 15 is 0 Å². The number of carbonyl (C=O) groups excluding carboxylic acids is 1. The van der Waals surface area contributed by atoms with E-state index in [1.54, 1.807) is 0 Å². The highest BCUT2D eigenvalue weighted by Gasteiger charge is 2.30. The number of methoxy groups -OCH3 is 1. The summed E-state index contributed by atoms with van der Waals surface area (Å²) in [5, 5.41) is 0. The highest BCUT2D eigenvalue weighted by atomic mass is 32.2. The zero-order chi connectivity index (χ0) is 15.2. The van der Waals surface area contributed by atoms with Crippen LogP contribution in [-0.4, -0.2) is 69.6 Å². The number of hydrogen-bond donors (Lipinski definition) is 2. The average Bonchev–Trinajstić information content (AvgIpc) is 2.44. The number of nitrogens with one attached hydrogen (secondary N) is 1. The Morgan fingerprint density at radius 2 is 1.95 bits per heavy atom. The molecule has 1 rings (SSSR count). The summed E-state index contributed by atoms with van der Waals surface area (Å²) >= 11 is 0. The SMILES string of the molecule is CCCC(CN)N1CCN(S(=O)(=O)NC(=O)OC)CC1. The minimum absolute atomic E-state index is 0.290. The monoisotopic (exact) mass is 308 g/mol. The third-order valence-corrected chi connectivity index (χ3v) is 4.89. The number of hydrogen-bond acceptors (Lipinski definition) is 6. The number of nitrogens with zero attached hydrogens (tertiary/aromatic N) is 2. The fourth-order valence-corrected chi connectivity index (χ4v) is 3.37. The maximum atomic E-state index is 11.9. The Morgan fingerprint density at radius 1 is 1.35 bits per heavy atom. The summed E-state index contributed by atoms with van der Waals surface area (Å²) < 4.78 is 31.2.